The van der Waals surface area contributed by atoms with Crippen molar-refractivity contribution in [3.8, 4) is 5.75 Å². The largest absolute Gasteiger partial charge is 0.495 e. The van der Waals surface area contributed by atoms with Crippen molar-refractivity contribution in [1.82, 2.24) is 5.32 Å². The molecule has 5 nitrogen and oxygen atoms in total. The third-order valence-electron chi connectivity index (χ3n) is 3.64. The summed E-state index contributed by atoms with van der Waals surface area (Å²) in [7, 11) is 1.55. The van der Waals surface area contributed by atoms with E-state index < -0.39 is 5.41 Å². The highest BCUT2D eigenvalue weighted by Gasteiger charge is 2.56. The van der Waals surface area contributed by atoms with Crippen molar-refractivity contribution in [3.63, 3.8) is 0 Å². The Morgan fingerprint density at radius 1 is 1.24 bits per heavy atom. The van der Waals surface area contributed by atoms with E-state index in [2.05, 4.69) is 10.6 Å². The zero-order valence-electron chi connectivity index (χ0n) is 12.9. The van der Waals surface area contributed by atoms with Gasteiger partial charge in [0.25, 0.3) is 0 Å². The fourth-order valence-corrected chi connectivity index (χ4v) is 2.24. The van der Waals surface area contributed by atoms with E-state index in [1.54, 1.807) is 13.2 Å². The molecule has 0 saturated heterocycles. The number of carbonyl (C=O) groups excluding carboxylic acids is 2. The molecule has 0 bridgehead atoms. The lowest BCUT2D eigenvalue weighted by atomic mass is 10.0. The number of anilines is 1. The second-order valence-corrected chi connectivity index (χ2v) is 5.87. The summed E-state index contributed by atoms with van der Waals surface area (Å²) in [5, 5.41) is 5.66. The van der Waals surface area contributed by atoms with Gasteiger partial charge in [0.1, 0.15) is 11.2 Å². The van der Waals surface area contributed by atoms with Crippen molar-refractivity contribution in [1.29, 1.82) is 0 Å². The topological polar surface area (TPSA) is 67.4 Å². The molecule has 0 unspecified atom stereocenters. The molecule has 21 heavy (non-hydrogen) atoms. The second kappa shape index (κ2) is 5.76. The SMILES string of the molecule is COc1ccc(C)cc1NC(=O)C1(C(=O)NC(C)C)CC1. The van der Waals surface area contributed by atoms with Crippen LogP contribution in [0.2, 0.25) is 0 Å². The Labute approximate surface area is 125 Å². The minimum Gasteiger partial charge on any atom is -0.495 e. The molecule has 114 valence electrons. The maximum Gasteiger partial charge on any atom is 0.240 e. The van der Waals surface area contributed by atoms with Crippen LogP contribution in [-0.4, -0.2) is 25.0 Å². The monoisotopic (exact) mass is 290 g/mol. The van der Waals surface area contributed by atoms with Gasteiger partial charge in [-0.1, -0.05) is 6.07 Å². The smallest absolute Gasteiger partial charge is 0.240 e. The molecule has 1 aliphatic rings. The zero-order chi connectivity index (χ0) is 15.6. The lowest BCUT2D eigenvalue weighted by Crippen LogP contribution is -2.42. The van der Waals surface area contributed by atoms with Crippen LogP contribution in [0.1, 0.15) is 32.3 Å². The van der Waals surface area contributed by atoms with Gasteiger partial charge in [0.05, 0.1) is 12.8 Å². The number of nitrogens with one attached hydrogen (secondary N) is 2. The average Bonchev–Trinajstić information content (AvgIpc) is 3.19. The van der Waals surface area contributed by atoms with Crippen LogP contribution in [0.3, 0.4) is 0 Å². The normalized spacial score (nSPS) is 15.5. The molecule has 1 aliphatic carbocycles. The number of aryl methyl sites for hydroxylation is 1. The molecule has 0 spiro atoms. The maximum absolute atomic E-state index is 12.5. The Hall–Kier alpha value is -2.04. The third-order valence-corrected chi connectivity index (χ3v) is 3.64. The second-order valence-electron chi connectivity index (χ2n) is 5.87. The Bertz CT molecular complexity index is 563. The molecule has 0 aliphatic heterocycles. The number of hydrogen-bond acceptors (Lipinski definition) is 3. The molecule has 5 heteroatoms. The minimum atomic E-state index is -0.918. The van der Waals surface area contributed by atoms with E-state index in [1.165, 1.54) is 0 Å². The summed E-state index contributed by atoms with van der Waals surface area (Å²) >= 11 is 0. The first-order valence-electron chi connectivity index (χ1n) is 7.16. The van der Waals surface area contributed by atoms with Crippen molar-refractivity contribution >= 4 is 17.5 Å². The Balaban J connectivity index is 2.15. The highest BCUT2D eigenvalue weighted by Crippen LogP contribution is 2.47. The maximum atomic E-state index is 12.5. The lowest BCUT2D eigenvalue weighted by molar-refractivity contribution is -0.134. The Morgan fingerprint density at radius 2 is 1.90 bits per heavy atom. The molecule has 1 fully saturated rings. The van der Waals surface area contributed by atoms with Gasteiger partial charge in [0.2, 0.25) is 11.8 Å². The van der Waals surface area contributed by atoms with Crippen LogP contribution in [-0.2, 0) is 9.59 Å². The number of rotatable bonds is 5. The molecular formula is C16H22N2O3. The van der Waals surface area contributed by atoms with Gasteiger partial charge in [-0.3, -0.25) is 9.59 Å². The Morgan fingerprint density at radius 3 is 2.43 bits per heavy atom. The number of carbonyl (C=O) groups is 2. The summed E-state index contributed by atoms with van der Waals surface area (Å²) in [4.78, 5) is 24.7. The molecule has 1 aromatic carbocycles. The van der Waals surface area contributed by atoms with Crippen molar-refractivity contribution < 1.29 is 14.3 Å². The molecule has 1 saturated carbocycles. The Kier molecular flexibility index (Phi) is 4.21. The van der Waals surface area contributed by atoms with Crippen LogP contribution in [0, 0.1) is 12.3 Å². The summed E-state index contributed by atoms with van der Waals surface area (Å²) in [5.74, 6) is 0.139. The van der Waals surface area contributed by atoms with Crippen LogP contribution in [0.5, 0.6) is 5.75 Å². The number of methoxy groups -OCH3 is 1. The highest BCUT2D eigenvalue weighted by molar-refractivity contribution is 6.13. The lowest BCUT2D eigenvalue weighted by Gasteiger charge is -2.18. The third kappa shape index (κ3) is 3.17. The van der Waals surface area contributed by atoms with Gasteiger partial charge in [0, 0.05) is 6.04 Å². The van der Waals surface area contributed by atoms with Gasteiger partial charge in [0.15, 0.2) is 0 Å². The standard InChI is InChI=1S/C16H22N2O3/c1-10(2)17-14(19)16(7-8-16)15(20)18-12-9-11(3)5-6-13(12)21-4/h5-6,9-10H,7-8H2,1-4H3,(H,17,19)(H,18,20). The first kappa shape index (κ1) is 15.4. The summed E-state index contributed by atoms with van der Waals surface area (Å²) in [5.41, 5.74) is 0.702. The van der Waals surface area contributed by atoms with Gasteiger partial charge in [-0.25, -0.2) is 0 Å². The highest BCUT2D eigenvalue weighted by atomic mass is 16.5. The van der Waals surface area contributed by atoms with Crippen molar-refractivity contribution in [2.24, 2.45) is 5.41 Å². The van der Waals surface area contributed by atoms with Crippen molar-refractivity contribution in [3.05, 3.63) is 23.8 Å². The van der Waals surface area contributed by atoms with Crippen LogP contribution >= 0.6 is 0 Å². The quantitative estimate of drug-likeness (QED) is 0.817. The van der Waals surface area contributed by atoms with E-state index in [4.69, 9.17) is 4.74 Å². The molecule has 0 radical (unpaired) electrons. The molecular weight excluding hydrogens is 268 g/mol. The van der Waals surface area contributed by atoms with Gasteiger partial charge < -0.3 is 15.4 Å². The molecule has 2 amide bonds. The zero-order valence-corrected chi connectivity index (χ0v) is 12.9. The predicted octanol–water partition coefficient (Wildman–Crippen LogP) is 2.25. The van der Waals surface area contributed by atoms with E-state index >= 15 is 0 Å². The fraction of sp³-hybridized carbons (Fsp3) is 0.500. The molecule has 0 atom stereocenters. The van der Waals surface area contributed by atoms with E-state index in [0.29, 0.717) is 24.3 Å². The first-order chi connectivity index (χ1) is 9.89. The van der Waals surface area contributed by atoms with Gasteiger partial charge in [-0.15, -0.1) is 0 Å². The molecule has 2 rings (SSSR count). The molecule has 2 N–H and O–H groups in total. The average molecular weight is 290 g/mol. The summed E-state index contributed by atoms with van der Waals surface area (Å²) in [6.45, 7) is 5.71. The summed E-state index contributed by atoms with van der Waals surface area (Å²) < 4.78 is 5.24. The van der Waals surface area contributed by atoms with E-state index in [0.717, 1.165) is 5.56 Å². The van der Waals surface area contributed by atoms with Gasteiger partial charge >= 0.3 is 0 Å². The van der Waals surface area contributed by atoms with Crippen molar-refractivity contribution in [2.45, 2.75) is 39.7 Å². The molecule has 1 aromatic rings. The number of amides is 2. The minimum absolute atomic E-state index is 0.0243. The van der Waals surface area contributed by atoms with Crippen LogP contribution in [0.15, 0.2) is 18.2 Å². The number of benzene rings is 1. The van der Waals surface area contributed by atoms with Crippen LogP contribution < -0.4 is 15.4 Å². The van der Waals surface area contributed by atoms with Gasteiger partial charge in [-0.05, 0) is 51.3 Å². The molecule has 0 aromatic heterocycles. The van der Waals surface area contributed by atoms with Gasteiger partial charge in [-0.2, -0.15) is 0 Å². The van der Waals surface area contributed by atoms with Crippen LogP contribution in [0.25, 0.3) is 0 Å². The predicted molar refractivity (Wildman–Crippen MR) is 81.3 cm³/mol. The molecule has 0 heterocycles. The number of hydrogen-bond donors (Lipinski definition) is 2. The van der Waals surface area contributed by atoms with Crippen LogP contribution in [0.4, 0.5) is 5.69 Å². The number of ether oxygens (including phenoxy) is 1. The van der Waals surface area contributed by atoms with E-state index in [-0.39, 0.29) is 17.9 Å². The van der Waals surface area contributed by atoms with Crippen molar-refractivity contribution in [2.75, 3.05) is 12.4 Å². The van der Waals surface area contributed by atoms with E-state index in [1.807, 2.05) is 32.9 Å². The summed E-state index contributed by atoms with van der Waals surface area (Å²) in [6.07, 6.45) is 1.18. The summed E-state index contributed by atoms with van der Waals surface area (Å²) in [6, 6.07) is 5.58. The first-order valence-corrected chi connectivity index (χ1v) is 7.16. The fourth-order valence-electron chi connectivity index (χ4n) is 2.24. The van der Waals surface area contributed by atoms with E-state index in [9.17, 15) is 9.59 Å².